The number of hydrogen-bond acceptors (Lipinski definition) is 0. The Kier molecular flexibility index (Phi) is 3.64. The van der Waals surface area contributed by atoms with E-state index in [4.69, 9.17) is 6.42 Å². The van der Waals surface area contributed by atoms with E-state index in [-0.39, 0.29) is 11.7 Å². The lowest BCUT2D eigenvalue weighted by Gasteiger charge is -2.12. The molecular weight excluding hydrogens is 182 g/mol. The van der Waals surface area contributed by atoms with Crippen LogP contribution in [0.5, 0.6) is 0 Å². The molecule has 0 aliphatic carbocycles. The third kappa shape index (κ3) is 2.32. The van der Waals surface area contributed by atoms with Crippen LogP contribution in [-0.2, 0) is 0 Å². The zero-order valence-corrected chi connectivity index (χ0v) is 8.06. The number of rotatable bonds is 3. The Balaban J connectivity index is 3.03. The second kappa shape index (κ2) is 4.76. The predicted molar refractivity (Wildman–Crippen MR) is 52.8 cm³/mol. The highest BCUT2D eigenvalue weighted by atomic mass is 19.1. The first kappa shape index (κ1) is 10.7. The summed E-state index contributed by atoms with van der Waals surface area (Å²) in [5.41, 5.74) is 0.380. The predicted octanol–water partition coefficient (Wildman–Crippen LogP) is 3.48. The summed E-state index contributed by atoms with van der Waals surface area (Å²) >= 11 is 0. The van der Waals surface area contributed by atoms with Crippen molar-refractivity contribution < 1.29 is 8.78 Å². The lowest BCUT2D eigenvalue weighted by atomic mass is 9.93. The monoisotopic (exact) mass is 194 g/mol. The molecule has 1 atom stereocenters. The summed E-state index contributed by atoms with van der Waals surface area (Å²) in [4.78, 5) is 0. The van der Waals surface area contributed by atoms with Crippen LogP contribution in [0, 0.1) is 24.0 Å². The molecule has 0 aromatic heterocycles. The van der Waals surface area contributed by atoms with Crippen molar-refractivity contribution in [3.63, 3.8) is 0 Å². The average molecular weight is 194 g/mol. The molecule has 0 heterocycles. The Morgan fingerprint density at radius 1 is 1.43 bits per heavy atom. The van der Waals surface area contributed by atoms with Gasteiger partial charge in [0.1, 0.15) is 11.6 Å². The molecule has 0 N–H and O–H groups in total. The van der Waals surface area contributed by atoms with E-state index in [1.165, 1.54) is 6.07 Å². The summed E-state index contributed by atoms with van der Waals surface area (Å²) in [6.45, 7) is 1.91. The molecule has 1 aromatic rings. The summed E-state index contributed by atoms with van der Waals surface area (Å²) in [6.07, 6.45) is 6.32. The van der Waals surface area contributed by atoms with Gasteiger partial charge < -0.3 is 0 Å². The van der Waals surface area contributed by atoms with Gasteiger partial charge in [0.05, 0.1) is 0 Å². The second-order valence-electron chi connectivity index (χ2n) is 3.18. The SMILES string of the molecule is C#CCC(CC)c1cc(F)ccc1F. The van der Waals surface area contributed by atoms with Crippen molar-refractivity contribution in [3.05, 3.63) is 35.4 Å². The molecule has 0 nitrogen and oxygen atoms in total. The van der Waals surface area contributed by atoms with Crippen molar-refractivity contribution in [2.75, 3.05) is 0 Å². The van der Waals surface area contributed by atoms with Gasteiger partial charge >= 0.3 is 0 Å². The summed E-state index contributed by atoms with van der Waals surface area (Å²) in [6, 6.07) is 3.48. The lowest BCUT2D eigenvalue weighted by molar-refractivity contribution is 0.554. The van der Waals surface area contributed by atoms with Gasteiger partial charge in [0.2, 0.25) is 0 Å². The summed E-state index contributed by atoms with van der Waals surface area (Å²) in [7, 11) is 0. The Hall–Kier alpha value is -1.36. The highest BCUT2D eigenvalue weighted by Gasteiger charge is 2.13. The van der Waals surface area contributed by atoms with Crippen LogP contribution in [0.25, 0.3) is 0 Å². The van der Waals surface area contributed by atoms with Crippen molar-refractivity contribution in [2.45, 2.75) is 25.7 Å². The Labute approximate surface area is 83.0 Å². The fourth-order valence-electron chi connectivity index (χ4n) is 1.44. The van der Waals surface area contributed by atoms with Gasteiger partial charge in [0, 0.05) is 6.42 Å². The summed E-state index contributed by atoms with van der Waals surface area (Å²) in [5.74, 6) is 1.59. The van der Waals surface area contributed by atoms with Crippen LogP contribution < -0.4 is 0 Å². The number of halogens is 2. The summed E-state index contributed by atoms with van der Waals surface area (Å²) < 4.78 is 26.2. The quantitative estimate of drug-likeness (QED) is 0.646. The largest absolute Gasteiger partial charge is 0.207 e. The van der Waals surface area contributed by atoms with E-state index in [0.717, 1.165) is 12.1 Å². The van der Waals surface area contributed by atoms with Crippen molar-refractivity contribution in [2.24, 2.45) is 0 Å². The highest BCUT2D eigenvalue weighted by Crippen LogP contribution is 2.25. The van der Waals surface area contributed by atoms with Crippen LogP contribution in [0.4, 0.5) is 8.78 Å². The van der Waals surface area contributed by atoms with Gasteiger partial charge in [-0.3, -0.25) is 0 Å². The van der Waals surface area contributed by atoms with Crippen LogP contribution in [0.1, 0.15) is 31.2 Å². The van der Waals surface area contributed by atoms with Gasteiger partial charge in [-0.2, -0.15) is 0 Å². The molecule has 1 unspecified atom stereocenters. The molecule has 0 amide bonds. The normalized spacial score (nSPS) is 12.1. The van der Waals surface area contributed by atoms with Crippen molar-refractivity contribution in [1.82, 2.24) is 0 Å². The van der Waals surface area contributed by atoms with Gasteiger partial charge in [0.15, 0.2) is 0 Å². The lowest BCUT2D eigenvalue weighted by Crippen LogP contribution is -2.00. The third-order valence-corrected chi connectivity index (χ3v) is 2.25. The molecule has 14 heavy (non-hydrogen) atoms. The van der Waals surface area contributed by atoms with Crippen molar-refractivity contribution >= 4 is 0 Å². The molecule has 0 bridgehead atoms. The molecule has 1 rings (SSSR count). The molecule has 1 aromatic carbocycles. The van der Waals surface area contributed by atoms with Crippen LogP contribution in [0.3, 0.4) is 0 Å². The van der Waals surface area contributed by atoms with E-state index in [9.17, 15) is 8.78 Å². The minimum Gasteiger partial charge on any atom is -0.207 e. The standard InChI is InChI=1S/C12H12F2/c1-3-5-9(4-2)11-8-10(13)6-7-12(11)14/h1,6-9H,4-5H2,2H3. The Bertz CT molecular complexity index is 350. The molecule has 0 aliphatic heterocycles. The van der Waals surface area contributed by atoms with Gasteiger partial charge in [0.25, 0.3) is 0 Å². The first-order chi connectivity index (χ1) is 6.69. The zero-order chi connectivity index (χ0) is 10.6. The van der Waals surface area contributed by atoms with E-state index in [1.54, 1.807) is 0 Å². The maximum atomic E-state index is 13.3. The fourth-order valence-corrected chi connectivity index (χ4v) is 1.44. The fraction of sp³-hybridized carbons (Fsp3) is 0.333. The second-order valence-corrected chi connectivity index (χ2v) is 3.18. The Morgan fingerprint density at radius 2 is 2.14 bits per heavy atom. The zero-order valence-electron chi connectivity index (χ0n) is 8.06. The van der Waals surface area contributed by atoms with Crippen LogP contribution >= 0.6 is 0 Å². The molecule has 0 aliphatic rings. The number of benzene rings is 1. The van der Waals surface area contributed by atoms with Gasteiger partial charge in [-0.05, 0) is 36.1 Å². The molecule has 0 fully saturated rings. The first-order valence-electron chi connectivity index (χ1n) is 4.57. The minimum absolute atomic E-state index is 0.0873. The van der Waals surface area contributed by atoms with Crippen LogP contribution in [0.2, 0.25) is 0 Å². The van der Waals surface area contributed by atoms with Crippen molar-refractivity contribution in [3.8, 4) is 12.3 Å². The molecule has 0 saturated heterocycles. The van der Waals surface area contributed by atoms with E-state index in [2.05, 4.69) is 5.92 Å². The van der Waals surface area contributed by atoms with Gasteiger partial charge in [-0.1, -0.05) is 6.92 Å². The topological polar surface area (TPSA) is 0 Å². The highest BCUT2D eigenvalue weighted by molar-refractivity contribution is 5.24. The minimum atomic E-state index is -0.420. The molecule has 0 radical (unpaired) electrons. The van der Waals surface area contributed by atoms with E-state index < -0.39 is 5.82 Å². The number of hydrogen-bond donors (Lipinski definition) is 0. The molecule has 0 spiro atoms. The molecule has 0 saturated carbocycles. The molecule has 2 heteroatoms. The Morgan fingerprint density at radius 3 is 2.71 bits per heavy atom. The third-order valence-electron chi connectivity index (χ3n) is 2.25. The smallest absolute Gasteiger partial charge is 0.126 e. The van der Waals surface area contributed by atoms with E-state index in [0.29, 0.717) is 18.4 Å². The average Bonchev–Trinajstić information content (AvgIpc) is 2.18. The van der Waals surface area contributed by atoms with Crippen LogP contribution in [-0.4, -0.2) is 0 Å². The molecule has 74 valence electrons. The van der Waals surface area contributed by atoms with Crippen molar-refractivity contribution in [1.29, 1.82) is 0 Å². The van der Waals surface area contributed by atoms with Gasteiger partial charge in [-0.15, -0.1) is 12.3 Å². The maximum Gasteiger partial charge on any atom is 0.126 e. The summed E-state index contributed by atoms with van der Waals surface area (Å²) in [5, 5.41) is 0. The first-order valence-corrected chi connectivity index (χ1v) is 4.57. The van der Waals surface area contributed by atoms with E-state index in [1.807, 2.05) is 6.92 Å². The molecular formula is C12H12F2. The van der Waals surface area contributed by atoms with E-state index >= 15 is 0 Å². The number of terminal acetylenes is 1. The van der Waals surface area contributed by atoms with Crippen LogP contribution in [0.15, 0.2) is 18.2 Å². The maximum absolute atomic E-state index is 13.3. The van der Waals surface area contributed by atoms with Gasteiger partial charge in [-0.25, -0.2) is 8.78 Å².